The second-order valence-corrected chi connectivity index (χ2v) is 6.12. The molecule has 0 N–H and O–H groups in total. The van der Waals surface area contributed by atoms with Crippen molar-refractivity contribution in [2.45, 2.75) is 6.54 Å². The van der Waals surface area contributed by atoms with Gasteiger partial charge in [-0.05, 0) is 24.3 Å². The minimum absolute atomic E-state index is 0.659. The van der Waals surface area contributed by atoms with Gasteiger partial charge in [0.2, 0.25) is 0 Å². The van der Waals surface area contributed by atoms with Crippen molar-refractivity contribution in [2.24, 2.45) is 7.05 Å². The van der Waals surface area contributed by atoms with Crippen LogP contribution in [0.3, 0.4) is 0 Å². The van der Waals surface area contributed by atoms with Crippen molar-refractivity contribution in [3.63, 3.8) is 0 Å². The van der Waals surface area contributed by atoms with Crippen LogP contribution in [0.5, 0.6) is 5.75 Å². The molecule has 0 radical (unpaired) electrons. The third kappa shape index (κ3) is 4.57. The van der Waals surface area contributed by atoms with Crippen molar-refractivity contribution in [3.8, 4) is 11.8 Å². The maximum Gasteiger partial charge on any atom is 0.119 e. The van der Waals surface area contributed by atoms with Crippen molar-refractivity contribution >= 4 is 0 Å². The van der Waals surface area contributed by atoms with E-state index in [0.717, 1.165) is 45.0 Å². The Kier molecular flexibility index (Phi) is 5.47. The van der Waals surface area contributed by atoms with Crippen LogP contribution in [0.15, 0.2) is 36.7 Å². The molecule has 0 aliphatic carbocycles. The Bertz CT molecular complexity index is 680. The molecule has 1 aromatic heterocycles. The van der Waals surface area contributed by atoms with Gasteiger partial charge in [0.05, 0.1) is 17.8 Å². The second-order valence-electron chi connectivity index (χ2n) is 6.12. The van der Waals surface area contributed by atoms with Gasteiger partial charge in [-0.1, -0.05) is 0 Å². The summed E-state index contributed by atoms with van der Waals surface area (Å²) in [6.45, 7) is 6.87. The van der Waals surface area contributed by atoms with Crippen LogP contribution in [-0.4, -0.2) is 58.9 Å². The number of nitrogens with zero attached hydrogens (tertiary/aromatic N) is 5. The van der Waals surface area contributed by atoms with Gasteiger partial charge in [-0.15, -0.1) is 0 Å². The minimum atomic E-state index is 0.659. The summed E-state index contributed by atoms with van der Waals surface area (Å²) in [5.41, 5.74) is 1.93. The Hall–Kier alpha value is -2.36. The second kappa shape index (κ2) is 7.95. The van der Waals surface area contributed by atoms with Gasteiger partial charge in [0.25, 0.3) is 0 Å². The van der Waals surface area contributed by atoms with Gasteiger partial charge in [-0.3, -0.25) is 14.5 Å². The first-order valence-electron chi connectivity index (χ1n) is 8.28. The van der Waals surface area contributed by atoms with E-state index < -0.39 is 0 Å². The van der Waals surface area contributed by atoms with E-state index in [-0.39, 0.29) is 0 Å². The Balaban J connectivity index is 1.35. The Labute approximate surface area is 142 Å². The fraction of sp³-hybridized carbons (Fsp3) is 0.444. The average Bonchev–Trinajstić information content (AvgIpc) is 3.02. The van der Waals surface area contributed by atoms with Gasteiger partial charge in [0, 0.05) is 58.1 Å². The lowest BCUT2D eigenvalue weighted by molar-refractivity contribution is 0.112. The molecule has 1 fully saturated rings. The summed E-state index contributed by atoms with van der Waals surface area (Å²) >= 11 is 0. The van der Waals surface area contributed by atoms with Gasteiger partial charge in [0.15, 0.2) is 0 Å². The van der Waals surface area contributed by atoms with Gasteiger partial charge in [0.1, 0.15) is 12.4 Å². The van der Waals surface area contributed by atoms with Gasteiger partial charge < -0.3 is 4.74 Å². The van der Waals surface area contributed by atoms with Crippen LogP contribution >= 0.6 is 0 Å². The van der Waals surface area contributed by atoms with Crippen molar-refractivity contribution in [1.29, 1.82) is 5.26 Å². The molecule has 24 heavy (non-hydrogen) atoms. The predicted octanol–water partition coefficient (Wildman–Crippen LogP) is 1.49. The zero-order chi connectivity index (χ0) is 16.8. The molecule has 1 aromatic carbocycles. The molecule has 0 amide bonds. The first-order valence-corrected chi connectivity index (χ1v) is 8.28. The van der Waals surface area contributed by atoms with Crippen LogP contribution in [-0.2, 0) is 13.6 Å². The summed E-state index contributed by atoms with van der Waals surface area (Å²) in [5, 5.41) is 13.0. The number of hydrogen-bond acceptors (Lipinski definition) is 5. The molecule has 2 heterocycles. The third-order valence-corrected chi connectivity index (χ3v) is 4.29. The molecule has 1 saturated heterocycles. The summed E-state index contributed by atoms with van der Waals surface area (Å²) in [4.78, 5) is 4.90. The first-order chi connectivity index (χ1) is 11.7. The molecule has 0 unspecified atom stereocenters. The number of piperazine rings is 1. The normalized spacial score (nSPS) is 16.0. The fourth-order valence-electron chi connectivity index (χ4n) is 2.90. The highest BCUT2D eigenvalue weighted by Crippen LogP contribution is 2.12. The highest BCUT2D eigenvalue weighted by atomic mass is 16.5. The maximum atomic E-state index is 8.78. The summed E-state index contributed by atoms with van der Waals surface area (Å²) in [6, 6.07) is 9.38. The Morgan fingerprint density at radius 1 is 1.12 bits per heavy atom. The van der Waals surface area contributed by atoms with E-state index in [9.17, 15) is 0 Å². The summed E-state index contributed by atoms with van der Waals surface area (Å²) in [7, 11) is 1.95. The van der Waals surface area contributed by atoms with Gasteiger partial charge in [-0.2, -0.15) is 10.4 Å². The van der Waals surface area contributed by atoms with Crippen LogP contribution in [0.25, 0.3) is 0 Å². The number of aryl methyl sites for hydroxylation is 1. The van der Waals surface area contributed by atoms with Crippen molar-refractivity contribution < 1.29 is 4.74 Å². The largest absolute Gasteiger partial charge is 0.492 e. The molecule has 0 saturated carbocycles. The quantitative estimate of drug-likeness (QED) is 0.805. The van der Waals surface area contributed by atoms with Crippen molar-refractivity contribution in [1.82, 2.24) is 19.6 Å². The van der Waals surface area contributed by atoms with E-state index in [1.165, 1.54) is 5.56 Å². The lowest BCUT2D eigenvalue weighted by atomic mass is 10.2. The summed E-state index contributed by atoms with van der Waals surface area (Å²) < 4.78 is 7.61. The Morgan fingerprint density at radius 2 is 1.83 bits per heavy atom. The lowest BCUT2D eigenvalue weighted by Gasteiger charge is -2.34. The zero-order valence-corrected chi connectivity index (χ0v) is 14.1. The molecule has 126 valence electrons. The average molecular weight is 325 g/mol. The van der Waals surface area contributed by atoms with Crippen molar-refractivity contribution in [3.05, 3.63) is 47.8 Å². The number of nitriles is 1. The molecule has 6 heteroatoms. The van der Waals surface area contributed by atoms with E-state index in [0.29, 0.717) is 12.2 Å². The number of rotatable bonds is 6. The molecule has 0 atom stereocenters. The fourth-order valence-corrected chi connectivity index (χ4v) is 2.90. The number of ether oxygens (including phenoxy) is 1. The molecule has 0 bridgehead atoms. The molecule has 1 aliphatic heterocycles. The highest BCUT2D eigenvalue weighted by molar-refractivity contribution is 5.34. The molecule has 0 spiro atoms. The molecular weight excluding hydrogens is 302 g/mol. The smallest absolute Gasteiger partial charge is 0.119 e. The van der Waals surface area contributed by atoms with Gasteiger partial charge in [-0.25, -0.2) is 0 Å². The Morgan fingerprint density at radius 3 is 2.46 bits per heavy atom. The van der Waals surface area contributed by atoms with E-state index in [4.69, 9.17) is 10.00 Å². The van der Waals surface area contributed by atoms with E-state index in [2.05, 4.69) is 27.2 Å². The van der Waals surface area contributed by atoms with E-state index in [1.54, 1.807) is 12.1 Å². The van der Waals surface area contributed by atoms with Gasteiger partial charge >= 0.3 is 0 Å². The van der Waals surface area contributed by atoms with E-state index in [1.807, 2.05) is 30.1 Å². The minimum Gasteiger partial charge on any atom is -0.492 e. The number of hydrogen-bond donors (Lipinski definition) is 0. The number of aromatic nitrogens is 2. The van der Waals surface area contributed by atoms with Crippen molar-refractivity contribution in [2.75, 3.05) is 39.3 Å². The molecule has 2 aromatic rings. The molecule has 3 rings (SSSR count). The van der Waals surface area contributed by atoms with Crippen LogP contribution in [0.1, 0.15) is 11.1 Å². The monoisotopic (exact) mass is 325 g/mol. The van der Waals surface area contributed by atoms with Crippen LogP contribution in [0.4, 0.5) is 0 Å². The lowest BCUT2D eigenvalue weighted by Crippen LogP contribution is -2.46. The topological polar surface area (TPSA) is 57.3 Å². The maximum absolute atomic E-state index is 8.78. The molecular formula is C18H23N5O. The summed E-state index contributed by atoms with van der Waals surface area (Å²) in [6.07, 6.45) is 4.02. The summed E-state index contributed by atoms with van der Waals surface area (Å²) in [5.74, 6) is 0.823. The SMILES string of the molecule is Cn1cc(CN2CCN(CCOc3ccc(C#N)cc3)CC2)cn1. The first kappa shape index (κ1) is 16.5. The molecule has 1 aliphatic rings. The molecule has 6 nitrogen and oxygen atoms in total. The number of benzene rings is 1. The van der Waals surface area contributed by atoms with Crippen LogP contribution < -0.4 is 4.74 Å². The van der Waals surface area contributed by atoms with E-state index >= 15 is 0 Å². The van der Waals surface area contributed by atoms with Crippen LogP contribution in [0, 0.1) is 11.3 Å². The standard InChI is InChI=1S/C18H23N5O/c1-21-14-17(13-20-21)15-23-8-6-22(7-9-23)10-11-24-18-4-2-16(12-19)3-5-18/h2-5,13-14H,6-11,15H2,1H3. The van der Waals surface area contributed by atoms with Crippen LogP contribution in [0.2, 0.25) is 0 Å². The highest BCUT2D eigenvalue weighted by Gasteiger charge is 2.17. The zero-order valence-electron chi connectivity index (χ0n) is 14.1. The third-order valence-electron chi connectivity index (χ3n) is 4.29. The predicted molar refractivity (Wildman–Crippen MR) is 91.6 cm³/mol.